The average molecular weight is 177 g/mol. The third-order valence-electron chi connectivity index (χ3n) is 2.18. The first-order chi connectivity index (χ1) is 6.38. The number of unbranched alkanes of at least 4 members (excludes halogenated alkanes) is 1. The van der Waals surface area contributed by atoms with Crippen molar-refractivity contribution in [1.82, 2.24) is 0 Å². The number of hydrogen-bond acceptors (Lipinski definition) is 1. The van der Waals surface area contributed by atoms with Crippen LogP contribution < -0.4 is 5.32 Å². The molecule has 1 rings (SSSR count). The Kier molecular flexibility index (Phi) is 4.37. The van der Waals surface area contributed by atoms with Gasteiger partial charge in [0.05, 0.1) is 0 Å². The summed E-state index contributed by atoms with van der Waals surface area (Å²) in [7, 11) is 0. The van der Waals surface area contributed by atoms with E-state index in [0.717, 1.165) is 6.54 Å². The predicted molar refractivity (Wildman–Crippen MR) is 59.2 cm³/mol. The van der Waals surface area contributed by atoms with E-state index in [4.69, 9.17) is 0 Å². The van der Waals surface area contributed by atoms with Gasteiger partial charge in [-0.15, -0.1) is 0 Å². The van der Waals surface area contributed by atoms with E-state index in [1.54, 1.807) is 0 Å². The highest BCUT2D eigenvalue weighted by molar-refractivity contribution is 5.50. The largest absolute Gasteiger partial charge is 0.385 e. The predicted octanol–water partition coefficient (Wildman–Crippen LogP) is 3.46. The Labute approximate surface area is 81.2 Å². The van der Waals surface area contributed by atoms with Crippen molar-refractivity contribution in [3.8, 4) is 0 Å². The van der Waals surface area contributed by atoms with Crippen molar-refractivity contribution < 1.29 is 0 Å². The molecule has 1 aromatic rings. The summed E-state index contributed by atoms with van der Waals surface area (Å²) in [6, 6.07) is 8.58. The lowest BCUT2D eigenvalue weighted by atomic mass is 10.1. The van der Waals surface area contributed by atoms with Crippen LogP contribution in [0.2, 0.25) is 0 Å². The Hall–Kier alpha value is -0.980. The lowest BCUT2D eigenvalue weighted by molar-refractivity contribution is 0.795. The minimum atomic E-state index is 1.00. The van der Waals surface area contributed by atoms with Crippen LogP contribution in [0, 0.1) is 0 Å². The molecule has 0 radical (unpaired) electrons. The minimum Gasteiger partial charge on any atom is -0.385 e. The summed E-state index contributed by atoms with van der Waals surface area (Å²) in [5, 5.41) is 3.39. The van der Waals surface area contributed by atoms with E-state index in [1.807, 2.05) is 0 Å². The second kappa shape index (κ2) is 5.63. The van der Waals surface area contributed by atoms with Crippen LogP contribution in [0.3, 0.4) is 0 Å². The van der Waals surface area contributed by atoms with Crippen LogP contribution in [-0.2, 0) is 6.42 Å². The lowest BCUT2D eigenvalue weighted by Gasteiger charge is -2.09. The van der Waals surface area contributed by atoms with E-state index in [1.165, 1.54) is 30.5 Å². The van der Waals surface area contributed by atoms with Crippen LogP contribution in [-0.4, -0.2) is 6.54 Å². The first-order valence-electron chi connectivity index (χ1n) is 5.20. The average Bonchev–Trinajstić information content (AvgIpc) is 2.17. The summed E-state index contributed by atoms with van der Waals surface area (Å²) in [4.78, 5) is 0. The van der Waals surface area contributed by atoms with Gasteiger partial charge in [0.2, 0.25) is 0 Å². The van der Waals surface area contributed by atoms with Crippen molar-refractivity contribution in [2.24, 2.45) is 0 Å². The highest BCUT2D eigenvalue weighted by Gasteiger charge is 1.98. The molecule has 0 aromatic heterocycles. The van der Waals surface area contributed by atoms with Crippen LogP contribution in [0.15, 0.2) is 24.3 Å². The van der Waals surface area contributed by atoms with Gasteiger partial charge in [-0.3, -0.25) is 0 Å². The summed E-state index contributed by atoms with van der Waals surface area (Å²) in [5.41, 5.74) is 2.75. The number of benzene rings is 1. The molecule has 1 heteroatoms. The molecule has 0 spiro atoms. The molecule has 0 atom stereocenters. The zero-order valence-corrected chi connectivity index (χ0v) is 8.64. The zero-order chi connectivity index (χ0) is 9.52. The molecule has 0 heterocycles. The highest BCUT2D eigenvalue weighted by atomic mass is 14.9. The molecule has 13 heavy (non-hydrogen) atoms. The molecular weight excluding hydrogens is 158 g/mol. The fraction of sp³-hybridized carbons (Fsp3) is 0.500. The second-order valence-corrected chi connectivity index (χ2v) is 3.29. The molecule has 0 unspecified atom stereocenters. The topological polar surface area (TPSA) is 12.0 Å². The quantitative estimate of drug-likeness (QED) is 0.726. The van der Waals surface area contributed by atoms with Gasteiger partial charge in [-0.2, -0.15) is 0 Å². The summed E-state index contributed by atoms with van der Waals surface area (Å²) >= 11 is 0. The number of anilines is 1. The molecule has 0 saturated heterocycles. The second-order valence-electron chi connectivity index (χ2n) is 3.29. The third kappa shape index (κ3) is 3.10. The number of para-hydroxylation sites is 1. The van der Waals surface area contributed by atoms with Crippen LogP contribution in [0.25, 0.3) is 0 Å². The first kappa shape index (κ1) is 10.1. The van der Waals surface area contributed by atoms with Crippen molar-refractivity contribution in [2.45, 2.75) is 33.1 Å². The summed E-state index contributed by atoms with van der Waals surface area (Å²) in [6.07, 6.45) is 3.74. The Morgan fingerprint density at radius 2 is 1.92 bits per heavy atom. The molecule has 1 aromatic carbocycles. The highest BCUT2D eigenvalue weighted by Crippen LogP contribution is 2.16. The van der Waals surface area contributed by atoms with Crippen LogP contribution >= 0.6 is 0 Å². The fourth-order valence-corrected chi connectivity index (χ4v) is 1.47. The molecule has 0 bridgehead atoms. The van der Waals surface area contributed by atoms with Crippen LogP contribution in [0.5, 0.6) is 0 Å². The lowest BCUT2D eigenvalue weighted by Crippen LogP contribution is -2.00. The Bertz CT molecular complexity index is 243. The van der Waals surface area contributed by atoms with Crippen molar-refractivity contribution >= 4 is 5.69 Å². The number of rotatable bonds is 5. The number of nitrogens with one attached hydrogen (secondary N) is 1. The molecule has 0 aliphatic heterocycles. The molecule has 1 nitrogen and oxygen atoms in total. The van der Waals surface area contributed by atoms with E-state index >= 15 is 0 Å². The molecule has 0 fully saturated rings. The molecule has 1 N–H and O–H groups in total. The van der Waals surface area contributed by atoms with Gasteiger partial charge in [-0.25, -0.2) is 0 Å². The Balaban J connectivity index is 2.66. The number of hydrogen-bond donors (Lipinski definition) is 1. The monoisotopic (exact) mass is 177 g/mol. The van der Waals surface area contributed by atoms with E-state index < -0.39 is 0 Å². The van der Waals surface area contributed by atoms with Gasteiger partial charge in [0, 0.05) is 12.2 Å². The maximum atomic E-state index is 3.39. The molecule has 0 saturated carbocycles. The van der Waals surface area contributed by atoms with Crippen LogP contribution in [0.4, 0.5) is 5.69 Å². The first-order valence-corrected chi connectivity index (χ1v) is 5.20. The van der Waals surface area contributed by atoms with Gasteiger partial charge in [0.25, 0.3) is 0 Å². The Morgan fingerprint density at radius 3 is 2.62 bits per heavy atom. The maximum absolute atomic E-state index is 3.39. The van der Waals surface area contributed by atoms with Gasteiger partial charge >= 0.3 is 0 Å². The summed E-state index contributed by atoms with van der Waals surface area (Å²) < 4.78 is 0. The van der Waals surface area contributed by atoms with Gasteiger partial charge in [0.15, 0.2) is 0 Å². The van der Waals surface area contributed by atoms with Gasteiger partial charge in [-0.1, -0.05) is 31.5 Å². The molecule has 0 amide bonds. The van der Waals surface area contributed by atoms with E-state index in [9.17, 15) is 0 Å². The normalized spacial score (nSPS) is 10.0. The molecular formula is C12H19N. The van der Waals surface area contributed by atoms with Gasteiger partial charge in [0.1, 0.15) is 0 Å². The molecule has 0 aliphatic carbocycles. The fourth-order valence-electron chi connectivity index (χ4n) is 1.47. The molecule has 72 valence electrons. The third-order valence-corrected chi connectivity index (χ3v) is 2.18. The van der Waals surface area contributed by atoms with Gasteiger partial charge < -0.3 is 5.32 Å². The molecule has 0 aliphatic rings. The SMILES string of the molecule is CCCCc1ccccc1NCC. The standard InChI is InChI=1S/C12H19N/c1-3-5-8-11-9-6-7-10-12(11)13-4-2/h6-7,9-10,13H,3-5,8H2,1-2H3. The van der Waals surface area contributed by atoms with Gasteiger partial charge in [-0.05, 0) is 31.4 Å². The van der Waals surface area contributed by atoms with Crippen molar-refractivity contribution in [2.75, 3.05) is 11.9 Å². The van der Waals surface area contributed by atoms with E-state index in [-0.39, 0.29) is 0 Å². The van der Waals surface area contributed by atoms with Crippen molar-refractivity contribution in [3.05, 3.63) is 29.8 Å². The zero-order valence-electron chi connectivity index (χ0n) is 8.64. The number of aryl methyl sites for hydroxylation is 1. The Morgan fingerprint density at radius 1 is 1.15 bits per heavy atom. The van der Waals surface area contributed by atoms with Crippen molar-refractivity contribution in [3.63, 3.8) is 0 Å². The smallest absolute Gasteiger partial charge is 0.0372 e. The van der Waals surface area contributed by atoms with Crippen molar-refractivity contribution in [1.29, 1.82) is 0 Å². The minimum absolute atomic E-state index is 1.00. The van der Waals surface area contributed by atoms with E-state index in [2.05, 4.69) is 43.4 Å². The summed E-state index contributed by atoms with van der Waals surface area (Å²) in [6.45, 7) is 5.37. The van der Waals surface area contributed by atoms with Crippen LogP contribution in [0.1, 0.15) is 32.3 Å². The maximum Gasteiger partial charge on any atom is 0.0372 e. The summed E-state index contributed by atoms with van der Waals surface area (Å²) in [5.74, 6) is 0. The van der Waals surface area contributed by atoms with E-state index in [0.29, 0.717) is 0 Å².